The fraction of sp³-hybridized carbons (Fsp3) is 0.200. The van der Waals surface area contributed by atoms with Gasteiger partial charge in [0.15, 0.2) is 0 Å². The van der Waals surface area contributed by atoms with Crippen molar-refractivity contribution in [3.05, 3.63) is 71.4 Å². The van der Waals surface area contributed by atoms with Gasteiger partial charge in [-0.2, -0.15) is 4.98 Å². The largest absolute Gasteiger partial charge is 0.326 e. The third-order valence-electron chi connectivity index (χ3n) is 4.43. The SMILES string of the molecule is Cc1cc(N2CCCc3ccccc32)nc(Nc2c(F)cccc2F)n1. The summed E-state index contributed by atoms with van der Waals surface area (Å²) in [6.07, 6.45) is 2.05. The first-order valence-electron chi connectivity index (χ1n) is 8.54. The van der Waals surface area contributed by atoms with Crippen molar-refractivity contribution in [2.24, 2.45) is 0 Å². The molecule has 0 atom stereocenters. The molecule has 3 aromatic rings. The van der Waals surface area contributed by atoms with Crippen LogP contribution in [0.2, 0.25) is 0 Å². The fourth-order valence-corrected chi connectivity index (χ4v) is 3.25. The Labute approximate surface area is 150 Å². The van der Waals surface area contributed by atoms with Gasteiger partial charge in [-0.1, -0.05) is 24.3 Å². The molecule has 0 unspecified atom stereocenters. The maximum atomic E-state index is 13.9. The van der Waals surface area contributed by atoms with Crippen LogP contribution in [0, 0.1) is 18.6 Å². The number of hydrogen-bond donors (Lipinski definition) is 1. The van der Waals surface area contributed by atoms with Crippen LogP contribution in [-0.2, 0) is 6.42 Å². The molecule has 1 aliphatic rings. The number of nitrogens with zero attached hydrogens (tertiary/aromatic N) is 3. The number of benzene rings is 2. The zero-order valence-corrected chi connectivity index (χ0v) is 14.3. The Bertz CT molecular complexity index is 938. The minimum absolute atomic E-state index is 0.173. The monoisotopic (exact) mass is 352 g/mol. The van der Waals surface area contributed by atoms with Crippen LogP contribution in [-0.4, -0.2) is 16.5 Å². The predicted octanol–water partition coefficient (Wildman–Crippen LogP) is 4.89. The molecule has 0 bridgehead atoms. The third kappa shape index (κ3) is 3.10. The van der Waals surface area contributed by atoms with Gasteiger partial charge in [0, 0.05) is 24.0 Å². The molecule has 0 aliphatic carbocycles. The second kappa shape index (κ2) is 6.71. The molecular formula is C20H18F2N4. The molecule has 0 saturated heterocycles. The van der Waals surface area contributed by atoms with Crippen LogP contribution < -0.4 is 10.2 Å². The van der Waals surface area contributed by atoms with E-state index in [0.29, 0.717) is 5.82 Å². The molecule has 0 fully saturated rings. The predicted molar refractivity (Wildman–Crippen MR) is 98.2 cm³/mol. The summed E-state index contributed by atoms with van der Waals surface area (Å²) in [5.74, 6) is -0.476. The van der Waals surface area contributed by atoms with Gasteiger partial charge < -0.3 is 10.2 Å². The van der Waals surface area contributed by atoms with Crippen molar-refractivity contribution in [2.45, 2.75) is 19.8 Å². The lowest BCUT2D eigenvalue weighted by Gasteiger charge is -2.30. The third-order valence-corrected chi connectivity index (χ3v) is 4.43. The molecule has 0 saturated carbocycles. The molecule has 0 amide bonds. The van der Waals surface area contributed by atoms with E-state index >= 15 is 0 Å². The van der Waals surface area contributed by atoms with Crippen LogP contribution in [0.3, 0.4) is 0 Å². The molecule has 0 radical (unpaired) electrons. The molecule has 4 nitrogen and oxygen atoms in total. The minimum Gasteiger partial charge on any atom is -0.326 e. The summed E-state index contributed by atoms with van der Waals surface area (Å²) < 4.78 is 27.8. The van der Waals surface area contributed by atoms with Crippen LogP contribution in [0.1, 0.15) is 17.7 Å². The van der Waals surface area contributed by atoms with Gasteiger partial charge >= 0.3 is 0 Å². The normalized spacial score (nSPS) is 13.4. The van der Waals surface area contributed by atoms with E-state index in [-0.39, 0.29) is 11.6 Å². The van der Waals surface area contributed by atoms with Crippen molar-refractivity contribution >= 4 is 23.1 Å². The number of nitrogens with one attached hydrogen (secondary N) is 1. The molecule has 6 heteroatoms. The summed E-state index contributed by atoms with van der Waals surface area (Å²) >= 11 is 0. The average molecular weight is 352 g/mol. The molecule has 4 rings (SSSR count). The van der Waals surface area contributed by atoms with E-state index in [4.69, 9.17) is 0 Å². The highest BCUT2D eigenvalue weighted by Gasteiger charge is 2.20. The number of anilines is 4. The highest BCUT2D eigenvalue weighted by Crippen LogP contribution is 2.33. The molecule has 2 aromatic carbocycles. The van der Waals surface area contributed by atoms with E-state index in [9.17, 15) is 8.78 Å². The van der Waals surface area contributed by atoms with Gasteiger partial charge in [0.05, 0.1) is 0 Å². The van der Waals surface area contributed by atoms with Crippen molar-refractivity contribution in [2.75, 3.05) is 16.8 Å². The number of halogens is 2. The Morgan fingerprint density at radius 1 is 1.00 bits per heavy atom. The Hall–Kier alpha value is -3.02. The summed E-state index contributed by atoms with van der Waals surface area (Å²) in [5.41, 5.74) is 2.85. The van der Waals surface area contributed by atoms with E-state index in [1.54, 1.807) is 0 Å². The van der Waals surface area contributed by atoms with Crippen molar-refractivity contribution in [3.63, 3.8) is 0 Å². The summed E-state index contributed by atoms with van der Waals surface area (Å²) in [6.45, 7) is 2.67. The molecule has 0 spiro atoms. The number of para-hydroxylation sites is 2. The van der Waals surface area contributed by atoms with Crippen LogP contribution in [0.5, 0.6) is 0 Å². The summed E-state index contributed by atoms with van der Waals surface area (Å²) in [7, 11) is 0. The number of hydrogen-bond acceptors (Lipinski definition) is 4. The zero-order chi connectivity index (χ0) is 18.1. The quantitative estimate of drug-likeness (QED) is 0.729. The van der Waals surface area contributed by atoms with E-state index in [1.807, 2.05) is 25.1 Å². The lowest BCUT2D eigenvalue weighted by molar-refractivity contribution is 0.590. The van der Waals surface area contributed by atoms with Gasteiger partial charge in [-0.3, -0.25) is 0 Å². The molecule has 2 heterocycles. The molecule has 132 valence electrons. The second-order valence-corrected chi connectivity index (χ2v) is 6.30. The van der Waals surface area contributed by atoms with Crippen LogP contribution in [0.25, 0.3) is 0 Å². The van der Waals surface area contributed by atoms with Crippen LogP contribution >= 0.6 is 0 Å². The van der Waals surface area contributed by atoms with Crippen molar-refractivity contribution < 1.29 is 8.78 Å². The van der Waals surface area contributed by atoms with Crippen molar-refractivity contribution in [3.8, 4) is 0 Å². The Morgan fingerprint density at radius 3 is 2.58 bits per heavy atom. The zero-order valence-electron chi connectivity index (χ0n) is 14.3. The van der Waals surface area contributed by atoms with Gasteiger partial charge in [0.2, 0.25) is 5.95 Å². The minimum atomic E-state index is -0.681. The lowest BCUT2D eigenvalue weighted by Crippen LogP contribution is -2.25. The molecule has 1 aromatic heterocycles. The van der Waals surface area contributed by atoms with E-state index in [0.717, 1.165) is 30.8 Å². The van der Waals surface area contributed by atoms with Gasteiger partial charge in [0.25, 0.3) is 0 Å². The van der Waals surface area contributed by atoms with Crippen LogP contribution in [0.4, 0.5) is 31.9 Å². The number of aryl methyl sites for hydroxylation is 2. The average Bonchev–Trinajstić information content (AvgIpc) is 2.64. The number of aromatic nitrogens is 2. The van der Waals surface area contributed by atoms with Gasteiger partial charge in [-0.05, 0) is 43.5 Å². The first-order valence-corrected chi connectivity index (χ1v) is 8.54. The topological polar surface area (TPSA) is 41.1 Å². The number of rotatable bonds is 3. The van der Waals surface area contributed by atoms with Gasteiger partial charge in [-0.25, -0.2) is 13.8 Å². The maximum Gasteiger partial charge on any atom is 0.229 e. The first-order chi connectivity index (χ1) is 12.6. The summed E-state index contributed by atoms with van der Waals surface area (Å²) in [5, 5.41) is 2.69. The Morgan fingerprint density at radius 2 is 1.77 bits per heavy atom. The summed E-state index contributed by atoms with van der Waals surface area (Å²) in [4.78, 5) is 10.9. The lowest BCUT2D eigenvalue weighted by atomic mass is 10.0. The highest BCUT2D eigenvalue weighted by atomic mass is 19.1. The first kappa shape index (κ1) is 16.4. The van der Waals surface area contributed by atoms with Gasteiger partial charge in [0.1, 0.15) is 23.1 Å². The summed E-state index contributed by atoms with van der Waals surface area (Å²) in [6, 6.07) is 13.8. The number of fused-ring (bicyclic) bond motifs is 1. The Kier molecular flexibility index (Phi) is 4.24. The van der Waals surface area contributed by atoms with E-state index < -0.39 is 11.6 Å². The molecular weight excluding hydrogens is 334 g/mol. The highest BCUT2D eigenvalue weighted by molar-refractivity contribution is 5.67. The van der Waals surface area contributed by atoms with Crippen LogP contribution in [0.15, 0.2) is 48.5 Å². The Balaban J connectivity index is 1.72. The van der Waals surface area contributed by atoms with Gasteiger partial charge in [-0.15, -0.1) is 0 Å². The smallest absolute Gasteiger partial charge is 0.229 e. The maximum absolute atomic E-state index is 13.9. The fourth-order valence-electron chi connectivity index (χ4n) is 3.25. The molecule has 1 aliphatic heterocycles. The molecule has 26 heavy (non-hydrogen) atoms. The second-order valence-electron chi connectivity index (χ2n) is 6.30. The van der Waals surface area contributed by atoms with Crippen molar-refractivity contribution in [1.29, 1.82) is 0 Å². The molecule has 1 N–H and O–H groups in total. The van der Waals surface area contributed by atoms with E-state index in [2.05, 4.69) is 32.3 Å². The van der Waals surface area contributed by atoms with E-state index in [1.165, 1.54) is 23.8 Å². The standard InChI is InChI=1S/C20H18F2N4/c1-13-12-18(26-11-5-7-14-6-2-3-10-17(14)26)24-20(23-13)25-19-15(21)8-4-9-16(19)22/h2-4,6,8-10,12H,5,7,11H2,1H3,(H,23,24,25). The van der Waals surface area contributed by atoms with Crippen molar-refractivity contribution in [1.82, 2.24) is 9.97 Å².